The summed E-state index contributed by atoms with van der Waals surface area (Å²) in [7, 11) is 4.47. The maximum Gasteiger partial charge on any atom is -0.00221 e. The first-order valence-corrected chi connectivity index (χ1v) is 16.6. The molecular formula is C35H69N. The summed E-state index contributed by atoms with van der Waals surface area (Å²) in [5.41, 5.74) is 0. The standard InChI is InChI=1S/C35H69N/c1-6-8-10-12-14-15-16-17-18-19-20-21-22-23-25-26-28-30-34(3)35(32-33-36(4)5)31-29-27-24-13-11-9-7-2/h14-15,17-18,34-35H,6-13,16,19-33H2,1-5H3/b15-14-,18-17-/t34-,35?/m1/s1. The summed E-state index contributed by atoms with van der Waals surface area (Å²) in [4.78, 5) is 2.38. The van der Waals surface area contributed by atoms with Crippen molar-refractivity contribution in [3.63, 3.8) is 0 Å². The summed E-state index contributed by atoms with van der Waals surface area (Å²) < 4.78 is 0. The molecule has 0 fully saturated rings. The van der Waals surface area contributed by atoms with Crippen molar-refractivity contribution >= 4 is 0 Å². The van der Waals surface area contributed by atoms with Gasteiger partial charge in [-0.3, -0.25) is 0 Å². The predicted octanol–water partition coefficient (Wildman–Crippen LogP) is 11.9. The summed E-state index contributed by atoms with van der Waals surface area (Å²) in [6.45, 7) is 8.40. The Morgan fingerprint density at radius 1 is 0.500 bits per heavy atom. The van der Waals surface area contributed by atoms with E-state index in [1.54, 1.807) is 0 Å². The molecule has 0 aromatic rings. The van der Waals surface area contributed by atoms with Gasteiger partial charge < -0.3 is 4.90 Å². The van der Waals surface area contributed by atoms with Gasteiger partial charge in [-0.1, -0.05) is 154 Å². The van der Waals surface area contributed by atoms with E-state index in [2.05, 4.69) is 64.1 Å². The molecule has 0 bridgehead atoms. The van der Waals surface area contributed by atoms with Crippen LogP contribution in [0.1, 0.15) is 168 Å². The minimum absolute atomic E-state index is 0.906. The van der Waals surface area contributed by atoms with Gasteiger partial charge in [0.2, 0.25) is 0 Å². The first-order valence-electron chi connectivity index (χ1n) is 16.6. The topological polar surface area (TPSA) is 3.24 Å². The molecule has 0 heterocycles. The van der Waals surface area contributed by atoms with Gasteiger partial charge >= 0.3 is 0 Å². The van der Waals surface area contributed by atoms with E-state index in [1.165, 1.54) is 148 Å². The molecule has 0 aliphatic carbocycles. The van der Waals surface area contributed by atoms with Crippen molar-refractivity contribution in [2.45, 2.75) is 168 Å². The smallest absolute Gasteiger partial charge is 0.00221 e. The summed E-state index contributed by atoms with van der Waals surface area (Å²) in [6.07, 6.45) is 41.6. The van der Waals surface area contributed by atoms with E-state index in [9.17, 15) is 0 Å². The Morgan fingerprint density at radius 3 is 1.50 bits per heavy atom. The third kappa shape index (κ3) is 26.5. The Hall–Kier alpha value is -0.560. The SMILES string of the molecule is CCCCC/C=C\C/C=C\CCCCCCCCC[C@@H](C)C(CCCCCCCCC)CCN(C)C. The maximum absolute atomic E-state index is 2.55. The van der Waals surface area contributed by atoms with Crippen LogP contribution >= 0.6 is 0 Å². The van der Waals surface area contributed by atoms with Crippen LogP contribution < -0.4 is 0 Å². The number of hydrogen-bond acceptors (Lipinski definition) is 1. The van der Waals surface area contributed by atoms with Crippen LogP contribution in [0.5, 0.6) is 0 Å². The maximum atomic E-state index is 2.55. The summed E-state index contributed by atoms with van der Waals surface area (Å²) >= 11 is 0. The van der Waals surface area contributed by atoms with Crippen LogP contribution in [-0.4, -0.2) is 25.5 Å². The summed E-state index contributed by atoms with van der Waals surface area (Å²) in [6, 6.07) is 0. The average molecular weight is 504 g/mol. The highest BCUT2D eigenvalue weighted by molar-refractivity contribution is 4.92. The molecule has 0 amide bonds. The molecule has 1 unspecified atom stereocenters. The zero-order chi connectivity index (χ0) is 26.5. The molecule has 0 aromatic carbocycles. The number of hydrogen-bond donors (Lipinski definition) is 0. The molecular weight excluding hydrogens is 434 g/mol. The second kappa shape index (κ2) is 29.0. The summed E-state index contributed by atoms with van der Waals surface area (Å²) in [5, 5.41) is 0. The van der Waals surface area contributed by atoms with Crippen LogP contribution in [0.2, 0.25) is 0 Å². The molecule has 0 rings (SSSR count). The first kappa shape index (κ1) is 35.4. The Balaban J connectivity index is 3.74. The molecule has 0 saturated carbocycles. The van der Waals surface area contributed by atoms with Crippen LogP contribution in [0.15, 0.2) is 24.3 Å². The second-order valence-corrected chi connectivity index (χ2v) is 12.0. The van der Waals surface area contributed by atoms with Crippen molar-refractivity contribution in [3.05, 3.63) is 24.3 Å². The minimum Gasteiger partial charge on any atom is -0.309 e. The largest absolute Gasteiger partial charge is 0.309 e. The molecule has 0 N–H and O–H groups in total. The lowest BCUT2D eigenvalue weighted by Crippen LogP contribution is -2.20. The fourth-order valence-corrected chi connectivity index (χ4v) is 5.37. The Morgan fingerprint density at radius 2 is 0.944 bits per heavy atom. The molecule has 0 aromatic heterocycles. The van der Waals surface area contributed by atoms with Crippen LogP contribution in [0.4, 0.5) is 0 Å². The molecule has 1 nitrogen and oxygen atoms in total. The lowest BCUT2D eigenvalue weighted by molar-refractivity contribution is 0.251. The lowest BCUT2D eigenvalue weighted by Gasteiger charge is -2.26. The molecule has 1 heteroatoms. The van der Waals surface area contributed by atoms with Gasteiger partial charge in [0.1, 0.15) is 0 Å². The Labute approximate surface area is 230 Å². The molecule has 36 heavy (non-hydrogen) atoms. The van der Waals surface area contributed by atoms with E-state index in [-0.39, 0.29) is 0 Å². The average Bonchev–Trinajstić information content (AvgIpc) is 2.86. The fourth-order valence-electron chi connectivity index (χ4n) is 5.37. The molecule has 0 saturated heterocycles. The van der Waals surface area contributed by atoms with Crippen molar-refractivity contribution < 1.29 is 0 Å². The van der Waals surface area contributed by atoms with Crippen LogP contribution in [0, 0.1) is 11.8 Å². The number of unbranched alkanes of at least 4 members (excludes halogenated alkanes) is 16. The second-order valence-electron chi connectivity index (χ2n) is 12.0. The van der Waals surface area contributed by atoms with E-state index < -0.39 is 0 Å². The van der Waals surface area contributed by atoms with Crippen molar-refractivity contribution in [1.29, 1.82) is 0 Å². The molecule has 214 valence electrons. The van der Waals surface area contributed by atoms with E-state index in [4.69, 9.17) is 0 Å². The van der Waals surface area contributed by atoms with Crippen molar-refractivity contribution in [2.24, 2.45) is 11.8 Å². The van der Waals surface area contributed by atoms with Gasteiger partial charge in [-0.05, 0) is 71.0 Å². The zero-order valence-corrected chi connectivity index (χ0v) is 25.9. The van der Waals surface area contributed by atoms with Gasteiger partial charge in [-0.25, -0.2) is 0 Å². The lowest BCUT2D eigenvalue weighted by atomic mass is 9.83. The van der Waals surface area contributed by atoms with Crippen molar-refractivity contribution in [2.75, 3.05) is 20.6 Å². The van der Waals surface area contributed by atoms with E-state index in [0.29, 0.717) is 0 Å². The zero-order valence-electron chi connectivity index (χ0n) is 25.9. The molecule has 0 radical (unpaired) electrons. The van der Waals surface area contributed by atoms with Gasteiger partial charge in [-0.15, -0.1) is 0 Å². The number of nitrogens with zero attached hydrogens (tertiary/aromatic N) is 1. The van der Waals surface area contributed by atoms with Gasteiger partial charge in [0.15, 0.2) is 0 Å². The van der Waals surface area contributed by atoms with Crippen LogP contribution in [0.25, 0.3) is 0 Å². The third-order valence-corrected chi connectivity index (χ3v) is 8.04. The van der Waals surface area contributed by atoms with Crippen LogP contribution in [-0.2, 0) is 0 Å². The van der Waals surface area contributed by atoms with Gasteiger partial charge in [0.25, 0.3) is 0 Å². The predicted molar refractivity (Wildman–Crippen MR) is 167 cm³/mol. The minimum atomic E-state index is 0.906. The van der Waals surface area contributed by atoms with Gasteiger partial charge in [0.05, 0.1) is 0 Å². The highest BCUT2D eigenvalue weighted by Crippen LogP contribution is 2.28. The molecule has 0 aliphatic rings. The molecule has 0 aliphatic heterocycles. The van der Waals surface area contributed by atoms with Gasteiger partial charge in [-0.2, -0.15) is 0 Å². The highest BCUT2D eigenvalue weighted by Gasteiger charge is 2.17. The monoisotopic (exact) mass is 504 g/mol. The molecule has 0 spiro atoms. The third-order valence-electron chi connectivity index (χ3n) is 8.04. The van der Waals surface area contributed by atoms with Crippen molar-refractivity contribution in [1.82, 2.24) is 4.90 Å². The first-order chi connectivity index (χ1) is 17.6. The number of rotatable bonds is 28. The van der Waals surface area contributed by atoms with E-state index >= 15 is 0 Å². The molecule has 2 atom stereocenters. The normalized spacial score (nSPS) is 13.9. The fraction of sp³-hybridized carbons (Fsp3) is 0.886. The van der Waals surface area contributed by atoms with Crippen molar-refractivity contribution in [3.8, 4) is 0 Å². The summed E-state index contributed by atoms with van der Waals surface area (Å²) in [5.74, 6) is 1.84. The quantitative estimate of drug-likeness (QED) is 0.0757. The Kier molecular flexibility index (Phi) is 28.6. The number of allylic oxidation sites excluding steroid dienone is 4. The van der Waals surface area contributed by atoms with Gasteiger partial charge in [0, 0.05) is 0 Å². The van der Waals surface area contributed by atoms with E-state index in [1.807, 2.05) is 0 Å². The highest BCUT2D eigenvalue weighted by atomic mass is 15.0. The van der Waals surface area contributed by atoms with Crippen LogP contribution in [0.3, 0.4) is 0 Å². The Bertz CT molecular complexity index is 463. The van der Waals surface area contributed by atoms with E-state index in [0.717, 1.165) is 18.3 Å².